The molecule has 2 aromatic rings. The van der Waals surface area contributed by atoms with E-state index in [1.807, 2.05) is 0 Å². The highest BCUT2D eigenvalue weighted by Crippen LogP contribution is 2.19. The Bertz CT molecular complexity index is 933. The molecule has 0 saturated carbocycles. The number of ether oxygens (including phenoxy) is 1. The minimum absolute atomic E-state index is 0.0729. The van der Waals surface area contributed by atoms with Gasteiger partial charge in [-0.05, 0) is 12.1 Å². The molecule has 7 nitrogen and oxygen atoms in total. The van der Waals surface area contributed by atoms with Crippen molar-refractivity contribution in [2.75, 3.05) is 33.1 Å². The van der Waals surface area contributed by atoms with Gasteiger partial charge in [-0.3, -0.25) is 4.79 Å². The van der Waals surface area contributed by atoms with Crippen molar-refractivity contribution in [2.45, 2.75) is 6.04 Å². The molecule has 1 N–H and O–H groups in total. The van der Waals surface area contributed by atoms with Gasteiger partial charge in [-0.15, -0.1) is 0 Å². The van der Waals surface area contributed by atoms with Gasteiger partial charge in [0, 0.05) is 25.4 Å². The highest BCUT2D eigenvalue weighted by molar-refractivity contribution is 7.89. The van der Waals surface area contributed by atoms with E-state index in [0.29, 0.717) is 5.39 Å². The largest absolute Gasteiger partial charge is 0.379 e. The number of nitrogens with zero attached hydrogens (tertiary/aromatic N) is 2. The summed E-state index contributed by atoms with van der Waals surface area (Å²) in [7, 11) is -0.483. The van der Waals surface area contributed by atoms with Crippen molar-refractivity contribution in [3.05, 3.63) is 41.8 Å². The molecule has 1 aromatic heterocycles. The van der Waals surface area contributed by atoms with Crippen LogP contribution in [0.15, 0.2) is 30.3 Å². The van der Waals surface area contributed by atoms with Gasteiger partial charge in [-0.2, -0.15) is 0 Å². The van der Waals surface area contributed by atoms with Gasteiger partial charge in [-0.25, -0.2) is 22.1 Å². The number of rotatable bonds is 5. The van der Waals surface area contributed by atoms with Crippen molar-refractivity contribution in [1.82, 2.24) is 14.6 Å². The lowest BCUT2D eigenvalue weighted by Crippen LogP contribution is -2.43. The third kappa shape index (κ3) is 3.84. The Hall–Kier alpha value is -2.10. The third-order valence-electron chi connectivity index (χ3n) is 4.40. The number of nitrogens with one attached hydrogen (secondary N) is 1. The van der Waals surface area contributed by atoms with Crippen LogP contribution >= 0.6 is 0 Å². The van der Waals surface area contributed by atoms with Crippen molar-refractivity contribution in [3.63, 3.8) is 0 Å². The molecule has 0 aliphatic carbocycles. The molecule has 140 valence electrons. The lowest BCUT2D eigenvalue weighted by Gasteiger charge is -2.20. The van der Waals surface area contributed by atoms with E-state index in [2.05, 4.69) is 10.3 Å². The van der Waals surface area contributed by atoms with Gasteiger partial charge >= 0.3 is 0 Å². The average Bonchev–Trinajstić information content (AvgIpc) is 3.01. The van der Waals surface area contributed by atoms with Crippen molar-refractivity contribution in [1.29, 1.82) is 0 Å². The Morgan fingerprint density at radius 2 is 2.08 bits per heavy atom. The molecule has 1 aromatic carbocycles. The molecule has 1 aliphatic heterocycles. The smallest absolute Gasteiger partial charge is 0.270 e. The Kier molecular flexibility index (Phi) is 5.22. The molecule has 26 heavy (non-hydrogen) atoms. The number of amides is 1. The molecule has 9 heteroatoms. The third-order valence-corrected chi connectivity index (χ3v) is 6.36. The number of hydrogen-bond acceptors (Lipinski definition) is 5. The number of fused-ring (bicyclic) bond motifs is 1. The maximum absolute atomic E-state index is 13.9. The van der Waals surface area contributed by atoms with Crippen molar-refractivity contribution >= 4 is 26.8 Å². The number of halogens is 1. The van der Waals surface area contributed by atoms with Gasteiger partial charge in [0.25, 0.3) is 5.91 Å². The number of benzene rings is 1. The first-order valence-electron chi connectivity index (χ1n) is 8.12. The molecular weight excluding hydrogens is 361 g/mol. The SMILES string of the molecule is CN(C)S(=O)(=O)C[C@@H]1COC[C@H]1NC(=O)c1ccc2cccc(F)c2n1. The van der Waals surface area contributed by atoms with Gasteiger partial charge in [0.05, 0.1) is 25.0 Å². The zero-order valence-electron chi connectivity index (χ0n) is 14.5. The summed E-state index contributed by atoms with van der Waals surface area (Å²) in [6, 6.07) is 7.25. The van der Waals surface area contributed by atoms with Crippen LogP contribution in [0.2, 0.25) is 0 Å². The predicted molar refractivity (Wildman–Crippen MR) is 94.7 cm³/mol. The lowest BCUT2D eigenvalue weighted by atomic mass is 10.1. The molecule has 1 aliphatic rings. The van der Waals surface area contributed by atoms with E-state index in [1.54, 1.807) is 18.2 Å². The van der Waals surface area contributed by atoms with E-state index in [1.165, 1.54) is 26.2 Å². The monoisotopic (exact) mass is 381 g/mol. The van der Waals surface area contributed by atoms with Crippen LogP contribution in [-0.4, -0.2) is 62.7 Å². The molecule has 0 spiro atoms. The summed E-state index contributed by atoms with van der Waals surface area (Å²) >= 11 is 0. The zero-order valence-corrected chi connectivity index (χ0v) is 15.3. The first-order chi connectivity index (χ1) is 12.3. The molecule has 3 rings (SSSR count). The molecule has 0 unspecified atom stereocenters. The summed E-state index contributed by atoms with van der Waals surface area (Å²) in [6.07, 6.45) is 0. The maximum atomic E-state index is 13.9. The van der Waals surface area contributed by atoms with Crippen LogP contribution in [0, 0.1) is 11.7 Å². The Labute approximate surface area is 151 Å². The van der Waals surface area contributed by atoms with Crippen molar-refractivity contribution in [3.8, 4) is 0 Å². The average molecular weight is 381 g/mol. The van der Waals surface area contributed by atoms with Crippen LogP contribution < -0.4 is 5.32 Å². The van der Waals surface area contributed by atoms with Crippen molar-refractivity contribution in [2.24, 2.45) is 5.92 Å². The fourth-order valence-corrected chi connectivity index (χ4v) is 3.99. The first-order valence-corrected chi connectivity index (χ1v) is 9.73. The molecule has 1 saturated heterocycles. The molecule has 1 fully saturated rings. The molecule has 1 amide bonds. The second-order valence-electron chi connectivity index (χ2n) is 6.45. The second-order valence-corrected chi connectivity index (χ2v) is 8.67. The first kappa shape index (κ1) is 18.7. The normalized spacial score (nSPS) is 20.6. The van der Waals surface area contributed by atoms with Crippen LogP contribution in [0.25, 0.3) is 10.9 Å². The number of hydrogen-bond donors (Lipinski definition) is 1. The summed E-state index contributed by atoms with van der Waals surface area (Å²) < 4.78 is 44.5. The van der Waals surface area contributed by atoms with Gasteiger partial charge in [-0.1, -0.05) is 18.2 Å². The van der Waals surface area contributed by atoms with E-state index in [-0.39, 0.29) is 36.1 Å². The molecule has 2 heterocycles. The standard InChI is InChI=1S/C17H20FN3O4S/c1-21(2)26(23,24)10-12-8-25-9-15(12)20-17(22)14-7-6-11-4-3-5-13(18)16(11)19-14/h3-7,12,15H,8-10H2,1-2H3,(H,20,22)/t12-,15+/m0/s1. The fourth-order valence-electron chi connectivity index (χ4n) is 2.82. The van der Waals surface area contributed by atoms with Gasteiger partial charge in [0.2, 0.25) is 10.0 Å². The Morgan fingerprint density at radius 3 is 2.81 bits per heavy atom. The number of aromatic nitrogens is 1. The molecule has 0 bridgehead atoms. The van der Waals surface area contributed by atoms with E-state index in [9.17, 15) is 17.6 Å². The summed E-state index contributed by atoms with van der Waals surface area (Å²) in [5.41, 5.74) is 0.193. The van der Waals surface area contributed by atoms with Crippen LogP contribution in [-0.2, 0) is 14.8 Å². The van der Waals surface area contributed by atoms with Gasteiger partial charge in [0.1, 0.15) is 17.0 Å². The lowest BCUT2D eigenvalue weighted by molar-refractivity contribution is 0.0921. The van der Waals surface area contributed by atoms with Crippen LogP contribution in [0.4, 0.5) is 4.39 Å². The highest BCUT2D eigenvalue weighted by Gasteiger charge is 2.34. The van der Waals surface area contributed by atoms with E-state index >= 15 is 0 Å². The number of para-hydroxylation sites is 1. The van der Waals surface area contributed by atoms with Gasteiger partial charge in [0.15, 0.2) is 0 Å². The van der Waals surface area contributed by atoms with E-state index < -0.39 is 27.8 Å². The van der Waals surface area contributed by atoms with Gasteiger partial charge < -0.3 is 10.1 Å². The number of sulfonamides is 1. The van der Waals surface area contributed by atoms with E-state index in [0.717, 1.165) is 4.31 Å². The highest BCUT2D eigenvalue weighted by atomic mass is 32.2. The summed E-state index contributed by atoms with van der Waals surface area (Å²) in [4.78, 5) is 16.6. The minimum atomic E-state index is -3.41. The fraction of sp³-hybridized carbons (Fsp3) is 0.412. The van der Waals surface area contributed by atoms with Crippen LogP contribution in [0.3, 0.4) is 0 Å². The van der Waals surface area contributed by atoms with Crippen LogP contribution in [0.5, 0.6) is 0 Å². The van der Waals surface area contributed by atoms with E-state index in [4.69, 9.17) is 4.74 Å². The molecular formula is C17H20FN3O4S. The minimum Gasteiger partial charge on any atom is -0.379 e. The number of carbonyl (C=O) groups excluding carboxylic acids is 1. The molecule has 0 radical (unpaired) electrons. The van der Waals surface area contributed by atoms with Crippen molar-refractivity contribution < 1.29 is 22.3 Å². The van der Waals surface area contributed by atoms with Crippen LogP contribution in [0.1, 0.15) is 10.5 Å². The summed E-state index contributed by atoms with van der Waals surface area (Å²) in [5, 5.41) is 3.36. The predicted octanol–water partition coefficient (Wildman–Crippen LogP) is 1.01. The number of carbonyl (C=O) groups is 1. The second kappa shape index (κ2) is 7.26. The Morgan fingerprint density at radius 1 is 1.31 bits per heavy atom. The zero-order chi connectivity index (χ0) is 18.9. The maximum Gasteiger partial charge on any atom is 0.270 e. The quantitative estimate of drug-likeness (QED) is 0.835. The summed E-state index contributed by atoms with van der Waals surface area (Å²) in [5.74, 6) is -1.47. The summed E-state index contributed by atoms with van der Waals surface area (Å²) in [6.45, 7) is 0.471. The molecule has 2 atom stereocenters. The Balaban J connectivity index is 1.76. The number of pyridine rings is 1. The topological polar surface area (TPSA) is 88.6 Å².